The highest BCUT2D eigenvalue weighted by Gasteiger charge is 2.13. The Morgan fingerprint density at radius 2 is 1.81 bits per heavy atom. The molecule has 0 aliphatic heterocycles. The van der Waals surface area contributed by atoms with Crippen LogP contribution in [-0.4, -0.2) is 16.0 Å². The fourth-order valence-electron chi connectivity index (χ4n) is 2.09. The highest BCUT2D eigenvalue weighted by Crippen LogP contribution is 2.27. The lowest BCUT2D eigenvalue weighted by molar-refractivity contribution is 0.583. The van der Waals surface area contributed by atoms with Crippen LogP contribution < -0.4 is 5.32 Å². The number of halogens is 2. The van der Waals surface area contributed by atoms with Crippen molar-refractivity contribution in [2.24, 2.45) is 0 Å². The van der Waals surface area contributed by atoms with E-state index < -0.39 is 0 Å². The van der Waals surface area contributed by atoms with Gasteiger partial charge in [0.05, 0.1) is 5.02 Å². The van der Waals surface area contributed by atoms with Crippen LogP contribution in [0, 0.1) is 19.7 Å². The van der Waals surface area contributed by atoms with Gasteiger partial charge in [0.1, 0.15) is 5.82 Å². The SMILES string of the molecule is Cc1nc(-c2ccc(F)cc2Cl)nc(C)c1CNC(C)C. The Morgan fingerprint density at radius 1 is 1.19 bits per heavy atom. The third-order valence-corrected chi connectivity index (χ3v) is 3.59. The first-order chi connectivity index (χ1) is 9.88. The number of nitrogens with one attached hydrogen (secondary N) is 1. The van der Waals surface area contributed by atoms with Gasteiger partial charge >= 0.3 is 0 Å². The molecule has 0 aliphatic carbocycles. The van der Waals surface area contributed by atoms with Crippen LogP contribution in [0.4, 0.5) is 4.39 Å². The molecule has 0 fully saturated rings. The summed E-state index contributed by atoms with van der Waals surface area (Å²) < 4.78 is 13.1. The minimum atomic E-state index is -0.366. The molecule has 0 saturated carbocycles. The summed E-state index contributed by atoms with van der Waals surface area (Å²) in [5.74, 6) is 0.165. The van der Waals surface area contributed by atoms with Crippen molar-refractivity contribution >= 4 is 11.6 Å². The predicted molar refractivity (Wildman–Crippen MR) is 83.9 cm³/mol. The topological polar surface area (TPSA) is 37.8 Å². The lowest BCUT2D eigenvalue weighted by Gasteiger charge is -2.14. The third kappa shape index (κ3) is 3.77. The first-order valence-corrected chi connectivity index (χ1v) is 7.29. The summed E-state index contributed by atoms with van der Waals surface area (Å²) in [6.07, 6.45) is 0. The van der Waals surface area contributed by atoms with Gasteiger partial charge in [0.15, 0.2) is 5.82 Å². The van der Waals surface area contributed by atoms with Crippen LogP contribution >= 0.6 is 11.6 Å². The van der Waals surface area contributed by atoms with E-state index in [-0.39, 0.29) is 5.82 Å². The highest BCUT2D eigenvalue weighted by atomic mass is 35.5. The second-order valence-corrected chi connectivity index (χ2v) is 5.76. The van der Waals surface area contributed by atoms with Gasteiger partial charge in [-0.05, 0) is 32.0 Å². The van der Waals surface area contributed by atoms with Gasteiger partial charge in [0.2, 0.25) is 0 Å². The third-order valence-electron chi connectivity index (χ3n) is 3.28. The van der Waals surface area contributed by atoms with E-state index in [1.165, 1.54) is 12.1 Å². The quantitative estimate of drug-likeness (QED) is 0.926. The Balaban J connectivity index is 2.39. The second-order valence-electron chi connectivity index (χ2n) is 5.36. The zero-order valence-corrected chi connectivity index (χ0v) is 13.4. The monoisotopic (exact) mass is 307 g/mol. The van der Waals surface area contributed by atoms with Crippen molar-refractivity contribution in [1.29, 1.82) is 0 Å². The molecule has 112 valence electrons. The Bertz CT molecular complexity index is 633. The van der Waals surface area contributed by atoms with Crippen LogP contribution in [0.3, 0.4) is 0 Å². The van der Waals surface area contributed by atoms with Gasteiger partial charge in [0, 0.05) is 35.1 Å². The molecule has 0 amide bonds. The minimum absolute atomic E-state index is 0.321. The number of nitrogens with zero attached hydrogens (tertiary/aromatic N) is 2. The molecular weight excluding hydrogens is 289 g/mol. The Kier molecular flexibility index (Phi) is 4.91. The average molecular weight is 308 g/mol. The largest absolute Gasteiger partial charge is 0.310 e. The van der Waals surface area contributed by atoms with E-state index in [2.05, 4.69) is 29.1 Å². The normalized spacial score (nSPS) is 11.2. The molecule has 2 aromatic rings. The van der Waals surface area contributed by atoms with Crippen LogP contribution in [0.2, 0.25) is 5.02 Å². The number of aryl methyl sites for hydroxylation is 2. The molecule has 1 N–H and O–H groups in total. The van der Waals surface area contributed by atoms with Gasteiger partial charge in [-0.25, -0.2) is 14.4 Å². The number of hydrogen-bond acceptors (Lipinski definition) is 3. The number of aromatic nitrogens is 2. The maximum atomic E-state index is 13.1. The van der Waals surface area contributed by atoms with E-state index in [0.717, 1.165) is 23.5 Å². The lowest BCUT2D eigenvalue weighted by atomic mass is 10.1. The maximum Gasteiger partial charge on any atom is 0.161 e. The van der Waals surface area contributed by atoms with E-state index in [9.17, 15) is 4.39 Å². The van der Waals surface area contributed by atoms with Crippen molar-refractivity contribution in [2.75, 3.05) is 0 Å². The number of rotatable bonds is 4. The maximum absolute atomic E-state index is 13.1. The van der Waals surface area contributed by atoms with E-state index in [1.54, 1.807) is 6.07 Å². The van der Waals surface area contributed by atoms with Crippen LogP contribution in [-0.2, 0) is 6.54 Å². The molecule has 0 bridgehead atoms. The molecule has 0 radical (unpaired) electrons. The summed E-state index contributed by atoms with van der Waals surface area (Å²) in [5.41, 5.74) is 3.55. The van der Waals surface area contributed by atoms with Crippen molar-refractivity contribution in [3.8, 4) is 11.4 Å². The Morgan fingerprint density at radius 3 is 2.33 bits per heavy atom. The van der Waals surface area contributed by atoms with E-state index >= 15 is 0 Å². The van der Waals surface area contributed by atoms with E-state index in [4.69, 9.17) is 11.6 Å². The van der Waals surface area contributed by atoms with Gasteiger partial charge in [-0.3, -0.25) is 0 Å². The fraction of sp³-hybridized carbons (Fsp3) is 0.375. The first kappa shape index (κ1) is 15.9. The first-order valence-electron chi connectivity index (χ1n) is 6.91. The van der Waals surface area contributed by atoms with Gasteiger partial charge in [-0.1, -0.05) is 25.4 Å². The molecule has 0 atom stereocenters. The molecule has 21 heavy (non-hydrogen) atoms. The fourth-order valence-corrected chi connectivity index (χ4v) is 2.34. The summed E-state index contributed by atoms with van der Waals surface area (Å²) >= 11 is 6.08. The summed E-state index contributed by atoms with van der Waals surface area (Å²) in [6.45, 7) is 8.82. The molecule has 0 unspecified atom stereocenters. The minimum Gasteiger partial charge on any atom is -0.310 e. The van der Waals surface area contributed by atoms with Crippen molar-refractivity contribution < 1.29 is 4.39 Å². The zero-order valence-electron chi connectivity index (χ0n) is 12.7. The molecular formula is C16H19ClFN3. The molecule has 1 aromatic heterocycles. The van der Waals surface area contributed by atoms with Gasteiger partial charge in [0.25, 0.3) is 0 Å². The summed E-state index contributed by atoms with van der Waals surface area (Å²) in [4.78, 5) is 9.03. The second kappa shape index (κ2) is 6.50. The highest BCUT2D eigenvalue weighted by molar-refractivity contribution is 6.33. The van der Waals surface area contributed by atoms with E-state index in [1.807, 2.05) is 13.8 Å². The summed E-state index contributed by atoms with van der Waals surface area (Å²) in [7, 11) is 0. The van der Waals surface area contributed by atoms with E-state index in [0.29, 0.717) is 22.5 Å². The van der Waals surface area contributed by atoms with Crippen LogP contribution in [0.1, 0.15) is 30.8 Å². The van der Waals surface area contributed by atoms with Gasteiger partial charge in [-0.15, -0.1) is 0 Å². The van der Waals surface area contributed by atoms with Crippen molar-refractivity contribution in [3.63, 3.8) is 0 Å². The molecule has 0 aliphatic rings. The van der Waals surface area contributed by atoms with Gasteiger partial charge < -0.3 is 5.32 Å². The van der Waals surface area contributed by atoms with Crippen LogP contribution in [0.15, 0.2) is 18.2 Å². The summed E-state index contributed by atoms with van der Waals surface area (Å²) in [5, 5.41) is 3.69. The molecule has 0 spiro atoms. The molecule has 0 saturated heterocycles. The molecule has 1 heterocycles. The molecule has 5 heteroatoms. The molecule has 1 aromatic carbocycles. The molecule has 2 rings (SSSR count). The van der Waals surface area contributed by atoms with Crippen LogP contribution in [0.5, 0.6) is 0 Å². The average Bonchev–Trinajstić information content (AvgIpc) is 2.37. The van der Waals surface area contributed by atoms with Crippen molar-refractivity contribution in [3.05, 3.63) is 46.0 Å². The Hall–Kier alpha value is -1.52. The zero-order chi connectivity index (χ0) is 15.6. The van der Waals surface area contributed by atoms with Crippen LogP contribution in [0.25, 0.3) is 11.4 Å². The smallest absolute Gasteiger partial charge is 0.161 e. The number of hydrogen-bond donors (Lipinski definition) is 1. The lowest BCUT2D eigenvalue weighted by Crippen LogP contribution is -2.23. The Labute approximate surface area is 129 Å². The molecule has 3 nitrogen and oxygen atoms in total. The number of benzene rings is 1. The van der Waals surface area contributed by atoms with Crippen molar-refractivity contribution in [1.82, 2.24) is 15.3 Å². The van der Waals surface area contributed by atoms with Gasteiger partial charge in [-0.2, -0.15) is 0 Å². The predicted octanol–water partition coefficient (Wildman–Crippen LogP) is 4.05. The van der Waals surface area contributed by atoms with Crippen molar-refractivity contribution in [2.45, 2.75) is 40.3 Å². The standard InChI is InChI=1S/C16H19ClFN3/c1-9(2)19-8-14-10(3)20-16(21-11(14)4)13-6-5-12(18)7-15(13)17/h5-7,9,19H,8H2,1-4H3. The summed E-state index contributed by atoms with van der Waals surface area (Å²) in [6, 6.07) is 4.65.